The average Bonchev–Trinajstić information content (AvgIpc) is 3.08. The van der Waals surface area contributed by atoms with Gasteiger partial charge in [-0.15, -0.1) is 0 Å². The molecule has 2 heterocycles. The van der Waals surface area contributed by atoms with Crippen LogP contribution in [0.4, 0.5) is 5.69 Å². The topological polar surface area (TPSA) is 70.6 Å². The molecule has 32 heavy (non-hydrogen) atoms. The van der Waals surface area contributed by atoms with Crippen molar-refractivity contribution < 1.29 is 14.4 Å². The lowest BCUT2D eigenvalue weighted by Crippen LogP contribution is -2.45. The molecule has 0 saturated carbocycles. The van der Waals surface area contributed by atoms with E-state index in [1.165, 1.54) is 4.90 Å². The second-order valence-electron chi connectivity index (χ2n) is 7.45. The summed E-state index contributed by atoms with van der Waals surface area (Å²) in [6, 6.07) is 16.6. The molecule has 1 atom stereocenters. The van der Waals surface area contributed by atoms with Crippen LogP contribution in [0.25, 0.3) is 0 Å². The molecule has 2 aromatic carbocycles. The van der Waals surface area contributed by atoms with Gasteiger partial charge in [0.1, 0.15) is 6.04 Å². The number of rotatable bonds is 6. The second kappa shape index (κ2) is 9.63. The predicted octanol–water partition coefficient (Wildman–Crippen LogP) is 4.40. The van der Waals surface area contributed by atoms with E-state index in [4.69, 9.17) is 11.6 Å². The van der Waals surface area contributed by atoms with E-state index in [9.17, 15) is 14.4 Å². The van der Waals surface area contributed by atoms with Crippen LogP contribution in [0.2, 0.25) is 5.02 Å². The molecule has 0 N–H and O–H groups in total. The highest BCUT2D eigenvalue weighted by molar-refractivity contribution is 9.10. The number of benzene rings is 2. The molecule has 0 aliphatic carbocycles. The van der Waals surface area contributed by atoms with Crippen molar-refractivity contribution in [3.05, 3.63) is 93.7 Å². The minimum Gasteiger partial charge on any atom is -0.325 e. The van der Waals surface area contributed by atoms with Gasteiger partial charge >= 0.3 is 0 Å². The summed E-state index contributed by atoms with van der Waals surface area (Å²) in [5.41, 5.74) is 2.04. The van der Waals surface area contributed by atoms with E-state index in [-0.39, 0.29) is 31.2 Å². The number of amides is 3. The molecule has 1 fully saturated rings. The molecule has 1 aromatic heterocycles. The number of anilines is 1. The summed E-state index contributed by atoms with van der Waals surface area (Å²) in [7, 11) is 0. The number of imide groups is 1. The first-order valence-corrected chi connectivity index (χ1v) is 11.1. The molecule has 1 saturated heterocycles. The second-order valence-corrected chi connectivity index (χ2v) is 8.80. The summed E-state index contributed by atoms with van der Waals surface area (Å²) in [5.74, 6) is -0.997. The van der Waals surface area contributed by atoms with E-state index < -0.39 is 11.9 Å². The number of carbonyl (C=O) groups is 3. The molecular formula is C24H19BrClN3O3. The summed E-state index contributed by atoms with van der Waals surface area (Å²) >= 11 is 9.30. The number of aromatic nitrogens is 1. The number of halogens is 2. The minimum atomic E-state index is -0.883. The lowest BCUT2D eigenvalue weighted by atomic mass is 10.1. The van der Waals surface area contributed by atoms with Crippen LogP contribution in [-0.4, -0.2) is 33.6 Å². The molecule has 6 nitrogen and oxygen atoms in total. The largest absolute Gasteiger partial charge is 0.325 e. The molecule has 1 unspecified atom stereocenters. The maximum Gasteiger partial charge on any atom is 0.257 e. The van der Waals surface area contributed by atoms with Crippen molar-refractivity contribution in [1.82, 2.24) is 9.88 Å². The molecule has 162 valence electrons. The van der Waals surface area contributed by atoms with E-state index in [1.807, 2.05) is 6.07 Å². The average molecular weight is 513 g/mol. The SMILES string of the molecule is O=C1CC(N(Cc2cccnc2)C(=O)Cc2ccc(Cl)cc2)C(=O)N1c1ccc(Br)cc1. The zero-order valence-corrected chi connectivity index (χ0v) is 19.3. The monoisotopic (exact) mass is 511 g/mol. The highest BCUT2D eigenvalue weighted by atomic mass is 79.9. The quantitative estimate of drug-likeness (QED) is 0.459. The lowest BCUT2D eigenvalue weighted by Gasteiger charge is -2.28. The Balaban J connectivity index is 1.62. The summed E-state index contributed by atoms with van der Waals surface area (Å²) in [6.45, 7) is 0.179. The van der Waals surface area contributed by atoms with E-state index in [0.29, 0.717) is 10.7 Å². The molecule has 8 heteroatoms. The van der Waals surface area contributed by atoms with Crippen LogP contribution in [0, 0.1) is 0 Å². The van der Waals surface area contributed by atoms with Gasteiger partial charge in [-0.2, -0.15) is 0 Å². The maximum atomic E-state index is 13.3. The van der Waals surface area contributed by atoms with Crippen LogP contribution >= 0.6 is 27.5 Å². The Morgan fingerprint density at radius 3 is 2.44 bits per heavy atom. The predicted molar refractivity (Wildman–Crippen MR) is 125 cm³/mol. The molecule has 0 radical (unpaired) electrons. The Labute approximate surface area is 198 Å². The van der Waals surface area contributed by atoms with Gasteiger partial charge in [0.25, 0.3) is 5.91 Å². The number of pyridine rings is 1. The third kappa shape index (κ3) is 4.89. The van der Waals surface area contributed by atoms with Gasteiger partial charge in [-0.25, -0.2) is 4.90 Å². The molecule has 0 spiro atoms. The first-order chi connectivity index (χ1) is 15.4. The van der Waals surface area contributed by atoms with Gasteiger partial charge in [-0.05, 0) is 53.6 Å². The first-order valence-electron chi connectivity index (χ1n) is 9.97. The van der Waals surface area contributed by atoms with Gasteiger partial charge in [-0.3, -0.25) is 19.4 Å². The molecule has 1 aliphatic rings. The van der Waals surface area contributed by atoms with Crippen molar-refractivity contribution in [2.24, 2.45) is 0 Å². The maximum absolute atomic E-state index is 13.3. The Bertz CT molecular complexity index is 1140. The number of carbonyl (C=O) groups excluding carboxylic acids is 3. The Morgan fingerprint density at radius 1 is 1.06 bits per heavy atom. The van der Waals surface area contributed by atoms with Crippen molar-refractivity contribution in [3.8, 4) is 0 Å². The number of hydrogen-bond donors (Lipinski definition) is 0. The fourth-order valence-corrected chi connectivity index (χ4v) is 4.05. The van der Waals surface area contributed by atoms with Crippen molar-refractivity contribution >= 4 is 50.9 Å². The van der Waals surface area contributed by atoms with Gasteiger partial charge in [0.2, 0.25) is 11.8 Å². The highest BCUT2D eigenvalue weighted by Crippen LogP contribution is 2.28. The van der Waals surface area contributed by atoms with Crippen LogP contribution in [0.3, 0.4) is 0 Å². The minimum absolute atomic E-state index is 0.0679. The molecule has 1 aliphatic heterocycles. The standard InChI is InChI=1S/C24H19BrClN3O3/c25-18-5-9-20(10-6-18)29-23(31)13-21(24(29)32)28(15-17-2-1-11-27-14-17)22(30)12-16-3-7-19(26)8-4-16/h1-11,14,21H,12-13,15H2. The first kappa shape index (κ1) is 22.2. The number of nitrogens with zero attached hydrogens (tertiary/aromatic N) is 3. The van der Waals surface area contributed by atoms with E-state index in [1.54, 1.807) is 67.0 Å². The Hall–Kier alpha value is -3.03. The van der Waals surface area contributed by atoms with Crippen LogP contribution in [-0.2, 0) is 27.3 Å². The van der Waals surface area contributed by atoms with Crippen LogP contribution in [0.1, 0.15) is 17.5 Å². The third-order valence-corrected chi connectivity index (χ3v) is 6.03. The van der Waals surface area contributed by atoms with E-state index in [2.05, 4.69) is 20.9 Å². The Kier molecular flexibility index (Phi) is 6.67. The van der Waals surface area contributed by atoms with Gasteiger partial charge in [0.05, 0.1) is 18.5 Å². The normalized spacial score (nSPS) is 15.8. The third-order valence-electron chi connectivity index (χ3n) is 5.25. The lowest BCUT2D eigenvalue weighted by molar-refractivity contribution is -0.138. The summed E-state index contributed by atoms with van der Waals surface area (Å²) in [5, 5.41) is 0.579. The van der Waals surface area contributed by atoms with E-state index >= 15 is 0 Å². The van der Waals surface area contributed by atoms with Gasteiger partial charge < -0.3 is 4.90 Å². The van der Waals surface area contributed by atoms with Crippen LogP contribution in [0.15, 0.2) is 77.5 Å². The fourth-order valence-electron chi connectivity index (χ4n) is 3.66. The van der Waals surface area contributed by atoms with Gasteiger partial charge in [0.15, 0.2) is 0 Å². The summed E-state index contributed by atoms with van der Waals surface area (Å²) in [6.07, 6.45) is 3.31. The summed E-state index contributed by atoms with van der Waals surface area (Å²) < 4.78 is 0.841. The van der Waals surface area contributed by atoms with Gasteiger partial charge in [0, 0.05) is 28.4 Å². The van der Waals surface area contributed by atoms with Crippen LogP contribution < -0.4 is 4.90 Å². The molecule has 0 bridgehead atoms. The van der Waals surface area contributed by atoms with Crippen molar-refractivity contribution in [3.63, 3.8) is 0 Å². The smallest absolute Gasteiger partial charge is 0.257 e. The Morgan fingerprint density at radius 2 is 1.78 bits per heavy atom. The zero-order chi connectivity index (χ0) is 22.7. The van der Waals surface area contributed by atoms with Crippen molar-refractivity contribution in [2.45, 2.75) is 25.4 Å². The molecule has 4 rings (SSSR count). The molecule has 3 amide bonds. The molecular weight excluding hydrogens is 494 g/mol. The van der Waals surface area contributed by atoms with Crippen LogP contribution in [0.5, 0.6) is 0 Å². The molecule has 3 aromatic rings. The van der Waals surface area contributed by atoms with E-state index in [0.717, 1.165) is 20.5 Å². The summed E-state index contributed by atoms with van der Waals surface area (Å²) in [4.78, 5) is 46.1. The van der Waals surface area contributed by atoms with Crippen molar-refractivity contribution in [2.75, 3.05) is 4.90 Å². The van der Waals surface area contributed by atoms with Gasteiger partial charge in [-0.1, -0.05) is 45.7 Å². The highest BCUT2D eigenvalue weighted by Gasteiger charge is 2.44. The zero-order valence-electron chi connectivity index (χ0n) is 16.9. The van der Waals surface area contributed by atoms with Crippen molar-refractivity contribution in [1.29, 1.82) is 0 Å². The fraction of sp³-hybridized carbons (Fsp3) is 0.167. The number of hydrogen-bond acceptors (Lipinski definition) is 4.